The fourth-order valence-electron chi connectivity index (χ4n) is 3.78. The van der Waals surface area contributed by atoms with Crippen LogP contribution in [0.5, 0.6) is 5.75 Å². The van der Waals surface area contributed by atoms with Gasteiger partial charge in [-0.1, -0.05) is 18.2 Å². The van der Waals surface area contributed by atoms with Gasteiger partial charge in [0.1, 0.15) is 11.3 Å². The summed E-state index contributed by atoms with van der Waals surface area (Å²) < 4.78 is 10.9. The number of carbonyl (C=O) groups is 4. The van der Waals surface area contributed by atoms with Crippen molar-refractivity contribution in [3.63, 3.8) is 0 Å². The van der Waals surface area contributed by atoms with Crippen LogP contribution in [0.2, 0.25) is 0 Å². The molecule has 4 rings (SSSR count). The quantitative estimate of drug-likeness (QED) is 0.540. The SMILES string of the molecule is CCOc1ccc(CN2C(=O)c3ccccc3C2=O)cc1C(=O)OC1CCCC1=O. The first-order valence-electron chi connectivity index (χ1n) is 9.94. The fourth-order valence-corrected chi connectivity index (χ4v) is 3.78. The Kier molecular flexibility index (Phi) is 5.35. The van der Waals surface area contributed by atoms with Gasteiger partial charge in [-0.3, -0.25) is 19.3 Å². The Morgan fingerprint density at radius 2 is 1.77 bits per heavy atom. The minimum atomic E-state index is -0.730. The van der Waals surface area contributed by atoms with Gasteiger partial charge in [0.25, 0.3) is 11.8 Å². The van der Waals surface area contributed by atoms with Crippen molar-refractivity contribution in [2.45, 2.75) is 38.8 Å². The fraction of sp³-hybridized carbons (Fsp3) is 0.304. The molecule has 7 heteroatoms. The van der Waals surface area contributed by atoms with Crippen molar-refractivity contribution in [3.8, 4) is 5.75 Å². The lowest BCUT2D eigenvalue weighted by molar-refractivity contribution is -0.124. The number of ether oxygens (including phenoxy) is 2. The standard InChI is InChI=1S/C23H21NO6/c1-2-29-19-11-10-14(12-17(19)23(28)30-20-9-5-8-18(20)25)13-24-21(26)15-6-3-4-7-16(15)22(24)27/h3-4,6-7,10-12,20H,2,5,8-9,13H2,1H3. The first-order valence-corrected chi connectivity index (χ1v) is 9.94. The van der Waals surface area contributed by atoms with Crippen molar-refractivity contribution in [2.24, 2.45) is 0 Å². The van der Waals surface area contributed by atoms with Crippen molar-refractivity contribution in [1.29, 1.82) is 0 Å². The van der Waals surface area contributed by atoms with Crippen LogP contribution in [0.4, 0.5) is 0 Å². The minimum Gasteiger partial charge on any atom is -0.493 e. The molecule has 0 N–H and O–H groups in total. The Bertz CT molecular complexity index is 1010. The van der Waals surface area contributed by atoms with Gasteiger partial charge in [0.2, 0.25) is 0 Å². The number of hydrogen-bond acceptors (Lipinski definition) is 6. The molecule has 7 nitrogen and oxygen atoms in total. The maximum absolute atomic E-state index is 12.7. The Balaban J connectivity index is 1.58. The summed E-state index contributed by atoms with van der Waals surface area (Å²) in [7, 11) is 0. The van der Waals surface area contributed by atoms with Crippen molar-refractivity contribution < 1.29 is 28.7 Å². The van der Waals surface area contributed by atoms with E-state index in [-0.39, 0.29) is 29.7 Å². The van der Waals surface area contributed by atoms with Crippen LogP contribution in [-0.2, 0) is 16.1 Å². The summed E-state index contributed by atoms with van der Waals surface area (Å²) in [6, 6.07) is 11.5. The molecule has 0 radical (unpaired) electrons. The van der Waals surface area contributed by atoms with Gasteiger partial charge in [-0.15, -0.1) is 0 Å². The van der Waals surface area contributed by atoms with Crippen LogP contribution in [-0.4, -0.2) is 41.2 Å². The molecule has 2 aromatic carbocycles. The van der Waals surface area contributed by atoms with Crippen molar-refractivity contribution in [2.75, 3.05) is 6.61 Å². The largest absolute Gasteiger partial charge is 0.493 e. The van der Waals surface area contributed by atoms with E-state index >= 15 is 0 Å². The molecule has 1 aliphatic carbocycles. The molecule has 0 bridgehead atoms. The molecule has 1 fully saturated rings. The van der Waals surface area contributed by atoms with Gasteiger partial charge in [0, 0.05) is 6.42 Å². The number of ketones is 1. The van der Waals surface area contributed by atoms with Crippen LogP contribution in [0.25, 0.3) is 0 Å². The number of amides is 2. The molecular weight excluding hydrogens is 386 g/mol. The van der Waals surface area contributed by atoms with Gasteiger partial charge >= 0.3 is 5.97 Å². The Morgan fingerprint density at radius 1 is 1.07 bits per heavy atom. The number of imide groups is 1. The van der Waals surface area contributed by atoms with Crippen LogP contribution < -0.4 is 4.74 Å². The lowest BCUT2D eigenvalue weighted by atomic mass is 10.1. The third-order valence-corrected chi connectivity index (χ3v) is 5.28. The average molecular weight is 407 g/mol. The van der Waals surface area contributed by atoms with Crippen LogP contribution in [0, 0.1) is 0 Å². The van der Waals surface area contributed by atoms with Crippen LogP contribution in [0.3, 0.4) is 0 Å². The van der Waals surface area contributed by atoms with Crippen molar-refractivity contribution >= 4 is 23.6 Å². The second-order valence-electron chi connectivity index (χ2n) is 7.26. The minimum absolute atomic E-state index is 0.0153. The highest BCUT2D eigenvalue weighted by Crippen LogP contribution is 2.28. The van der Waals surface area contributed by atoms with Crippen LogP contribution in [0.1, 0.15) is 62.8 Å². The molecule has 1 aliphatic heterocycles. The van der Waals surface area contributed by atoms with Gasteiger partial charge in [0.05, 0.1) is 24.3 Å². The molecule has 0 saturated heterocycles. The molecule has 1 atom stereocenters. The molecule has 1 unspecified atom stereocenters. The average Bonchev–Trinajstić information content (AvgIpc) is 3.25. The molecule has 2 amide bonds. The molecule has 0 aromatic heterocycles. The maximum Gasteiger partial charge on any atom is 0.342 e. The van der Waals surface area contributed by atoms with E-state index < -0.39 is 12.1 Å². The van der Waals surface area contributed by atoms with E-state index in [1.165, 1.54) is 0 Å². The second kappa shape index (κ2) is 8.10. The summed E-state index contributed by atoms with van der Waals surface area (Å²) in [6.45, 7) is 2.16. The predicted octanol–water partition coefficient (Wildman–Crippen LogP) is 3.16. The van der Waals surface area contributed by atoms with E-state index in [1.807, 2.05) is 0 Å². The number of nitrogens with zero attached hydrogens (tertiary/aromatic N) is 1. The number of esters is 1. The highest BCUT2D eigenvalue weighted by atomic mass is 16.5. The summed E-state index contributed by atoms with van der Waals surface area (Å²) in [4.78, 5) is 51.0. The van der Waals surface area contributed by atoms with Crippen LogP contribution >= 0.6 is 0 Å². The van der Waals surface area contributed by atoms with Gasteiger partial charge in [0.15, 0.2) is 11.9 Å². The Hall–Kier alpha value is -3.48. The molecule has 1 heterocycles. The van der Waals surface area contributed by atoms with E-state index in [1.54, 1.807) is 49.4 Å². The monoisotopic (exact) mass is 407 g/mol. The third kappa shape index (κ3) is 3.58. The number of hydrogen-bond donors (Lipinski definition) is 0. The smallest absolute Gasteiger partial charge is 0.342 e. The number of rotatable bonds is 6. The highest BCUT2D eigenvalue weighted by Gasteiger charge is 2.35. The summed E-state index contributed by atoms with van der Waals surface area (Å²) in [5.41, 5.74) is 1.49. The van der Waals surface area contributed by atoms with E-state index in [2.05, 4.69) is 0 Å². The summed E-state index contributed by atoms with van der Waals surface area (Å²) in [5, 5.41) is 0. The van der Waals surface area contributed by atoms with Gasteiger partial charge in [-0.25, -0.2) is 4.79 Å². The van der Waals surface area contributed by atoms with Crippen LogP contribution in [0.15, 0.2) is 42.5 Å². The zero-order valence-corrected chi connectivity index (χ0v) is 16.6. The normalized spacial score (nSPS) is 18.0. The van der Waals surface area contributed by atoms with Crippen molar-refractivity contribution in [1.82, 2.24) is 4.90 Å². The third-order valence-electron chi connectivity index (χ3n) is 5.28. The van der Waals surface area contributed by atoms with E-state index in [9.17, 15) is 19.2 Å². The maximum atomic E-state index is 12.7. The lowest BCUT2D eigenvalue weighted by Gasteiger charge is -2.17. The van der Waals surface area contributed by atoms with Gasteiger partial charge in [-0.2, -0.15) is 0 Å². The molecule has 2 aliphatic rings. The van der Waals surface area contributed by atoms with E-state index in [0.29, 0.717) is 48.3 Å². The molecule has 154 valence electrons. The highest BCUT2D eigenvalue weighted by molar-refractivity contribution is 6.21. The molecule has 2 aromatic rings. The topological polar surface area (TPSA) is 90.0 Å². The van der Waals surface area contributed by atoms with Crippen molar-refractivity contribution in [3.05, 3.63) is 64.7 Å². The summed E-state index contributed by atoms with van der Waals surface area (Å²) >= 11 is 0. The van der Waals surface area contributed by atoms with E-state index in [0.717, 1.165) is 4.90 Å². The number of Topliss-reactive ketones (excluding diaryl/α,β-unsaturated/α-hetero) is 1. The summed E-state index contributed by atoms with van der Waals surface area (Å²) in [6.07, 6.45) is 0.903. The number of benzene rings is 2. The van der Waals surface area contributed by atoms with Gasteiger partial charge < -0.3 is 9.47 Å². The molecule has 0 spiro atoms. The number of fused-ring (bicyclic) bond motifs is 1. The molecule has 1 saturated carbocycles. The Labute approximate surface area is 173 Å². The predicted molar refractivity (Wildman–Crippen MR) is 106 cm³/mol. The zero-order chi connectivity index (χ0) is 21.3. The number of carbonyl (C=O) groups excluding carboxylic acids is 4. The molecular formula is C23H21NO6. The molecule has 30 heavy (non-hydrogen) atoms. The zero-order valence-electron chi connectivity index (χ0n) is 16.6. The second-order valence-corrected chi connectivity index (χ2v) is 7.26. The van der Waals surface area contributed by atoms with E-state index in [4.69, 9.17) is 9.47 Å². The first-order chi connectivity index (χ1) is 14.5. The first kappa shape index (κ1) is 19.8. The van der Waals surface area contributed by atoms with Gasteiger partial charge in [-0.05, 0) is 49.6 Å². The lowest BCUT2D eigenvalue weighted by Crippen LogP contribution is -2.29. The summed E-state index contributed by atoms with van der Waals surface area (Å²) in [5.74, 6) is -1.14. The Morgan fingerprint density at radius 3 is 2.37 bits per heavy atom.